The maximum atomic E-state index is 13.8. The fraction of sp³-hybridized carbons (Fsp3) is 0.292. The first-order valence-electron chi connectivity index (χ1n) is 10.1. The third-order valence-corrected chi connectivity index (χ3v) is 4.77. The van der Waals surface area contributed by atoms with Crippen LogP contribution in [0.25, 0.3) is 22.5 Å². The second-order valence-corrected chi connectivity index (χ2v) is 7.01. The van der Waals surface area contributed by atoms with Gasteiger partial charge in [-0.25, -0.2) is 18.7 Å². The van der Waals surface area contributed by atoms with Crippen molar-refractivity contribution in [2.45, 2.75) is 39.0 Å². The maximum absolute atomic E-state index is 13.8. The predicted octanol–water partition coefficient (Wildman–Crippen LogP) is 6.31. The number of hydrogen-bond donors (Lipinski definition) is 0. The van der Waals surface area contributed by atoms with E-state index in [-0.39, 0.29) is 11.4 Å². The molecule has 30 heavy (non-hydrogen) atoms. The topological polar surface area (TPSA) is 58.8 Å². The lowest BCUT2D eigenvalue weighted by Gasteiger charge is -2.08. The predicted molar refractivity (Wildman–Crippen MR) is 112 cm³/mol. The van der Waals surface area contributed by atoms with Gasteiger partial charge in [0.2, 0.25) is 0 Å². The van der Waals surface area contributed by atoms with Gasteiger partial charge < -0.3 is 4.74 Å². The lowest BCUT2D eigenvalue weighted by atomic mass is 10.1. The van der Waals surface area contributed by atoms with Crippen LogP contribution in [-0.2, 0) is 0 Å². The van der Waals surface area contributed by atoms with Gasteiger partial charge in [0.1, 0.15) is 29.0 Å². The van der Waals surface area contributed by atoms with E-state index in [1.165, 1.54) is 31.8 Å². The standard InChI is InChI=1S/C24H23F2N3O/c1-2-3-4-5-6-11-30-20-9-7-17(8-10-20)19-15-28-24(29-16-19)18-12-22(25)21(14-27)23(26)13-18/h7-10,12-13,15-16H,2-6,11H2,1H3. The lowest BCUT2D eigenvalue weighted by Crippen LogP contribution is -1.97. The van der Waals surface area contributed by atoms with Gasteiger partial charge in [-0.1, -0.05) is 44.7 Å². The van der Waals surface area contributed by atoms with Crippen LogP contribution in [0, 0.1) is 23.0 Å². The summed E-state index contributed by atoms with van der Waals surface area (Å²) in [5.74, 6) is -0.860. The molecule has 0 N–H and O–H groups in total. The summed E-state index contributed by atoms with van der Waals surface area (Å²) in [6.07, 6.45) is 9.17. The number of aromatic nitrogens is 2. The molecule has 0 atom stereocenters. The zero-order valence-electron chi connectivity index (χ0n) is 16.9. The van der Waals surface area contributed by atoms with Crippen molar-refractivity contribution < 1.29 is 13.5 Å². The summed E-state index contributed by atoms with van der Waals surface area (Å²) in [4.78, 5) is 8.42. The van der Waals surface area contributed by atoms with Crippen molar-refractivity contribution in [3.05, 3.63) is 66.0 Å². The van der Waals surface area contributed by atoms with Crippen LogP contribution in [0.2, 0.25) is 0 Å². The van der Waals surface area contributed by atoms with Crippen LogP contribution in [0.4, 0.5) is 8.78 Å². The van der Waals surface area contributed by atoms with E-state index in [2.05, 4.69) is 16.9 Å². The molecule has 0 saturated carbocycles. The van der Waals surface area contributed by atoms with Gasteiger partial charge in [0.05, 0.1) is 6.61 Å². The van der Waals surface area contributed by atoms with Crippen molar-refractivity contribution >= 4 is 0 Å². The summed E-state index contributed by atoms with van der Waals surface area (Å²) < 4.78 is 33.4. The highest BCUT2D eigenvalue weighted by molar-refractivity contribution is 5.64. The maximum Gasteiger partial charge on any atom is 0.159 e. The molecule has 2 aromatic carbocycles. The lowest BCUT2D eigenvalue weighted by molar-refractivity contribution is 0.304. The third kappa shape index (κ3) is 5.38. The number of nitriles is 1. The van der Waals surface area contributed by atoms with Crippen LogP contribution in [0.1, 0.15) is 44.6 Å². The molecule has 3 rings (SSSR count). The average Bonchev–Trinajstić information content (AvgIpc) is 2.76. The monoisotopic (exact) mass is 407 g/mol. The summed E-state index contributed by atoms with van der Waals surface area (Å²) in [6.45, 7) is 2.90. The molecule has 0 spiro atoms. The van der Waals surface area contributed by atoms with E-state index < -0.39 is 17.2 Å². The Bertz CT molecular complexity index is 989. The highest BCUT2D eigenvalue weighted by Crippen LogP contribution is 2.25. The average molecular weight is 407 g/mol. The van der Waals surface area contributed by atoms with Crippen molar-refractivity contribution in [3.8, 4) is 34.3 Å². The molecule has 0 bridgehead atoms. The zero-order chi connectivity index (χ0) is 21.3. The van der Waals surface area contributed by atoms with Gasteiger partial charge >= 0.3 is 0 Å². The fourth-order valence-corrected chi connectivity index (χ4v) is 3.07. The smallest absolute Gasteiger partial charge is 0.159 e. The Kier molecular flexibility index (Phi) is 7.45. The normalized spacial score (nSPS) is 10.6. The number of nitrogens with zero attached hydrogens (tertiary/aromatic N) is 3. The number of hydrogen-bond acceptors (Lipinski definition) is 4. The van der Waals surface area contributed by atoms with E-state index in [0.717, 1.165) is 35.4 Å². The van der Waals surface area contributed by atoms with E-state index in [4.69, 9.17) is 10.00 Å². The van der Waals surface area contributed by atoms with Gasteiger partial charge in [-0.15, -0.1) is 0 Å². The van der Waals surface area contributed by atoms with E-state index in [9.17, 15) is 8.78 Å². The molecule has 154 valence electrons. The minimum Gasteiger partial charge on any atom is -0.494 e. The fourth-order valence-electron chi connectivity index (χ4n) is 3.07. The van der Waals surface area contributed by atoms with E-state index in [1.54, 1.807) is 12.4 Å². The molecule has 0 unspecified atom stereocenters. The third-order valence-electron chi connectivity index (χ3n) is 4.77. The molecule has 3 aromatic rings. The highest BCUT2D eigenvalue weighted by atomic mass is 19.1. The Labute approximate surface area is 175 Å². The molecule has 0 saturated heterocycles. The van der Waals surface area contributed by atoms with Crippen molar-refractivity contribution in [1.29, 1.82) is 5.26 Å². The SMILES string of the molecule is CCCCCCCOc1ccc(-c2cnc(-c3cc(F)c(C#N)c(F)c3)nc2)cc1. The Hall–Kier alpha value is -3.33. The van der Waals surface area contributed by atoms with Crippen LogP contribution in [-0.4, -0.2) is 16.6 Å². The van der Waals surface area contributed by atoms with Crippen LogP contribution in [0.5, 0.6) is 5.75 Å². The Morgan fingerprint density at radius 2 is 1.50 bits per heavy atom. The van der Waals surface area contributed by atoms with Crippen LogP contribution in [0.15, 0.2) is 48.8 Å². The van der Waals surface area contributed by atoms with Crippen molar-refractivity contribution in [1.82, 2.24) is 9.97 Å². The minimum absolute atomic E-state index is 0.179. The van der Waals surface area contributed by atoms with E-state index in [1.807, 2.05) is 24.3 Å². The first kappa shape index (κ1) is 21.4. The first-order valence-corrected chi connectivity index (χ1v) is 10.1. The van der Waals surface area contributed by atoms with Crippen molar-refractivity contribution in [3.63, 3.8) is 0 Å². The molecule has 6 heteroatoms. The van der Waals surface area contributed by atoms with Crippen LogP contribution >= 0.6 is 0 Å². The molecule has 0 aliphatic rings. The summed E-state index contributed by atoms with van der Waals surface area (Å²) in [6, 6.07) is 11.3. The molecule has 4 nitrogen and oxygen atoms in total. The molecule has 0 fully saturated rings. The van der Waals surface area contributed by atoms with Crippen LogP contribution < -0.4 is 4.74 Å². The second kappa shape index (κ2) is 10.4. The quantitative estimate of drug-likeness (QED) is 0.390. The van der Waals surface area contributed by atoms with Gasteiger partial charge in [0, 0.05) is 23.5 Å². The molecule has 1 heterocycles. The number of halogens is 2. The molecule has 0 amide bonds. The van der Waals surface area contributed by atoms with Gasteiger partial charge in [0.15, 0.2) is 5.82 Å². The van der Waals surface area contributed by atoms with Crippen LogP contribution in [0.3, 0.4) is 0 Å². The number of ether oxygens (including phenoxy) is 1. The minimum atomic E-state index is -0.930. The van der Waals surface area contributed by atoms with Gasteiger partial charge in [-0.3, -0.25) is 0 Å². The van der Waals surface area contributed by atoms with Crippen molar-refractivity contribution in [2.75, 3.05) is 6.61 Å². The van der Waals surface area contributed by atoms with Gasteiger partial charge in [-0.2, -0.15) is 5.26 Å². The van der Waals surface area contributed by atoms with Gasteiger partial charge in [-0.05, 0) is 36.2 Å². The molecule has 0 aliphatic carbocycles. The molecular weight excluding hydrogens is 384 g/mol. The Balaban J connectivity index is 1.63. The summed E-state index contributed by atoms with van der Waals surface area (Å²) in [5.41, 5.74) is 1.25. The number of benzene rings is 2. The summed E-state index contributed by atoms with van der Waals surface area (Å²) in [5, 5.41) is 8.76. The zero-order valence-corrected chi connectivity index (χ0v) is 16.9. The molecule has 0 aliphatic heterocycles. The highest BCUT2D eigenvalue weighted by Gasteiger charge is 2.13. The number of rotatable bonds is 9. The van der Waals surface area contributed by atoms with Crippen molar-refractivity contribution in [2.24, 2.45) is 0 Å². The molecular formula is C24H23F2N3O. The second-order valence-electron chi connectivity index (χ2n) is 7.01. The molecule has 1 aromatic heterocycles. The van der Waals surface area contributed by atoms with E-state index in [0.29, 0.717) is 6.61 Å². The summed E-state index contributed by atoms with van der Waals surface area (Å²) in [7, 11) is 0. The van der Waals surface area contributed by atoms with Gasteiger partial charge in [0.25, 0.3) is 0 Å². The summed E-state index contributed by atoms with van der Waals surface area (Å²) >= 11 is 0. The Morgan fingerprint density at radius 1 is 0.867 bits per heavy atom. The van der Waals surface area contributed by atoms with E-state index >= 15 is 0 Å². The molecule has 0 radical (unpaired) electrons. The largest absolute Gasteiger partial charge is 0.494 e. The number of unbranched alkanes of at least 4 members (excludes halogenated alkanes) is 4. The first-order chi connectivity index (χ1) is 14.6. The Morgan fingerprint density at radius 3 is 2.10 bits per heavy atom.